The van der Waals surface area contributed by atoms with E-state index in [-0.39, 0.29) is 45.7 Å². The maximum atomic E-state index is 12.5. The lowest BCUT2D eigenvalue weighted by Gasteiger charge is -2.28. The van der Waals surface area contributed by atoms with Crippen molar-refractivity contribution in [3.8, 4) is 5.75 Å². The van der Waals surface area contributed by atoms with Gasteiger partial charge in [-0.2, -0.15) is 0 Å². The van der Waals surface area contributed by atoms with E-state index >= 15 is 0 Å². The maximum Gasteiger partial charge on any atom is 0.526 e. The third-order valence-corrected chi connectivity index (χ3v) is 4.95. The highest BCUT2D eigenvalue weighted by Gasteiger charge is 2.39. The van der Waals surface area contributed by atoms with E-state index in [0.29, 0.717) is 5.56 Å². The fraction of sp³-hybridized carbons (Fsp3) is 0.200. The number of ketones is 1. The van der Waals surface area contributed by atoms with E-state index in [1.54, 1.807) is 0 Å². The fourth-order valence-electron chi connectivity index (χ4n) is 2.85. The molecular weight excluding hydrogens is 397 g/mol. The molecule has 0 bridgehead atoms. The number of hydrogen-bond acceptors (Lipinski definition) is 9. The van der Waals surface area contributed by atoms with Crippen LogP contribution in [0.15, 0.2) is 22.7 Å². The van der Waals surface area contributed by atoms with Gasteiger partial charge >= 0.3 is 13.1 Å². The van der Waals surface area contributed by atoms with Crippen LogP contribution in [0.4, 0.5) is 5.13 Å². The maximum absolute atomic E-state index is 12.5. The molecule has 0 amide bonds. The summed E-state index contributed by atoms with van der Waals surface area (Å²) in [5.41, 5.74) is 5.67. The van der Waals surface area contributed by atoms with Gasteiger partial charge in [-0.1, -0.05) is 16.8 Å². The molecule has 27 heavy (non-hydrogen) atoms. The number of fused-ring (bicyclic) bond motifs is 1. The molecule has 0 unspecified atom stereocenters. The minimum absolute atomic E-state index is 0.0198. The lowest BCUT2D eigenvalue weighted by atomic mass is 9.64. The highest BCUT2D eigenvalue weighted by Crippen LogP contribution is 2.38. The van der Waals surface area contributed by atoms with Crippen LogP contribution in [0.2, 0.25) is 10.8 Å². The molecule has 1 atom stereocenters. The number of benzene rings is 1. The molecule has 3 rings (SSSR count). The van der Waals surface area contributed by atoms with Crippen molar-refractivity contribution >= 4 is 52.7 Å². The molecule has 0 radical (unpaired) electrons. The van der Waals surface area contributed by atoms with Gasteiger partial charge in [0.1, 0.15) is 17.0 Å². The molecule has 140 valence electrons. The molecular formula is C15H13BClN3O6S. The van der Waals surface area contributed by atoms with Crippen LogP contribution >= 0.6 is 22.9 Å². The molecule has 1 aliphatic heterocycles. The van der Waals surface area contributed by atoms with Crippen LogP contribution in [-0.4, -0.2) is 44.9 Å². The van der Waals surface area contributed by atoms with Crippen LogP contribution in [0.5, 0.6) is 5.75 Å². The number of Topliss-reactive ketones (excluding diaryl/α,β-unsaturated/α-hetero) is 1. The Balaban J connectivity index is 1.83. The highest BCUT2D eigenvalue weighted by atomic mass is 35.5. The number of nitrogen functional groups attached to an aromatic ring is 1. The Labute approximate surface area is 162 Å². The van der Waals surface area contributed by atoms with Crippen LogP contribution in [0.1, 0.15) is 28.0 Å². The van der Waals surface area contributed by atoms with E-state index in [2.05, 4.69) is 10.1 Å². The molecule has 0 saturated heterocycles. The van der Waals surface area contributed by atoms with Crippen molar-refractivity contribution in [2.24, 2.45) is 5.16 Å². The first-order valence-corrected chi connectivity index (χ1v) is 8.93. The summed E-state index contributed by atoms with van der Waals surface area (Å²) in [5.74, 6) is -2.49. The molecule has 1 aromatic heterocycles. The molecule has 2 heterocycles. The molecule has 12 heteroatoms. The zero-order valence-electron chi connectivity index (χ0n) is 13.6. The minimum atomic E-state index is -1.42. The van der Waals surface area contributed by atoms with E-state index in [4.69, 9.17) is 27.2 Å². The predicted octanol–water partition coefficient (Wildman–Crippen LogP) is 1.70. The van der Waals surface area contributed by atoms with Crippen molar-refractivity contribution < 1.29 is 29.6 Å². The number of thiazole rings is 1. The number of anilines is 1. The third-order valence-electron chi connectivity index (χ3n) is 4.06. The first kappa shape index (κ1) is 19.1. The topological polar surface area (TPSA) is 155 Å². The number of carboxylic acid groups (broad SMARTS) is 1. The summed E-state index contributed by atoms with van der Waals surface area (Å²) in [6, 6.07) is 2.75. The minimum Gasteiger partial charge on any atom is -0.535 e. The molecule has 0 spiro atoms. The number of halogens is 1. The summed E-state index contributed by atoms with van der Waals surface area (Å²) in [4.78, 5) is 27.7. The molecule has 0 aliphatic carbocycles. The number of nitrogens with zero attached hydrogens (tertiary/aromatic N) is 2. The number of rotatable bonds is 5. The van der Waals surface area contributed by atoms with Gasteiger partial charge in [-0.05, 0) is 24.1 Å². The van der Waals surface area contributed by atoms with Crippen molar-refractivity contribution in [2.45, 2.75) is 18.7 Å². The third kappa shape index (κ3) is 3.89. The molecule has 9 nitrogen and oxygen atoms in total. The molecule has 0 fully saturated rings. The Hall–Kier alpha value is -2.63. The van der Waals surface area contributed by atoms with Crippen LogP contribution in [0.25, 0.3) is 0 Å². The number of aromatic nitrogens is 1. The number of carbonyl (C=O) groups excluding carboxylic acids is 1. The Morgan fingerprint density at radius 3 is 2.81 bits per heavy atom. The van der Waals surface area contributed by atoms with Crippen molar-refractivity contribution in [1.29, 1.82) is 0 Å². The van der Waals surface area contributed by atoms with Gasteiger partial charge in [0.2, 0.25) is 0 Å². The summed E-state index contributed by atoms with van der Waals surface area (Å²) >= 11 is 7.04. The molecule has 0 saturated carbocycles. The van der Waals surface area contributed by atoms with Crippen LogP contribution in [-0.2, 0) is 11.2 Å². The average molecular weight is 410 g/mol. The highest BCUT2D eigenvalue weighted by molar-refractivity contribution is 7.13. The summed E-state index contributed by atoms with van der Waals surface area (Å²) in [6.07, 6.45) is -0.0622. The summed E-state index contributed by atoms with van der Waals surface area (Å²) in [6.45, 7) is 0. The number of hydrogen-bond donors (Lipinski definition) is 4. The van der Waals surface area contributed by atoms with E-state index in [9.17, 15) is 19.7 Å². The number of nitrogens with two attached hydrogens (primary N) is 1. The monoisotopic (exact) mass is 409 g/mol. The van der Waals surface area contributed by atoms with Crippen molar-refractivity contribution in [3.05, 3.63) is 39.4 Å². The molecule has 1 aromatic carbocycles. The Bertz CT molecular complexity index is 950. The van der Waals surface area contributed by atoms with E-state index < -0.39 is 24.7 Å². The Kier molecular flexibility index (Phi) is 5.35. The van der Waals surface area contributed by atoms with E-state index in [1.165, 1.54) is 17.5 Å². The molecule has 1 aliphatic rings. The Morgan fingerprint density at radius 1 is 1.48 bits per heavy atom. The smallest absolute Gasteiger partial charge is 0.526 e. The lowest BCUT2D eigenvalue weighted by molar-refractivity contribution is -0.113. The van der Waals surface area contributed by atoms with Gasteiger partial charge in [0.25, 0.3) is 0 Å². The van der Waals surface area contributed by atoms with Gasteiger partial charge in [0.05, 0.1) is 0 Å². The van der Waals surface area contributed by atoms with Gasteiger partial charge in [0, 0.05) is 22.6 Å². The zero-order valence-corrected chi connectivity index (χ0v) is 15.2. The second kappa shape index (κ2) is 7.55. The number of oxime groups is 1. The largest absolute Gasteiger partial charge is 0.535 e. The van der Waals surface area contributed by atoms with Gasteiger partial charge < -0.3 is 25.7 Å². The van der Waals surface area contributed by atoms with Crippen LogP contribution in [0.3, 0.4) is 0 Å². The van der Waals surface area contributed by atoms with Crippen molar-refractivity contribution in [1.82, 2.24) is 4.98 Å². The van der Waals surface area contributed by atoms with Gasteiger partial charge in [-0.15, -0.1) is 11.3 Å². The van der Waals surface area contributed by atoms with E-state index in [0.717, 1.165) is 11.3 Å². The van der Waals surface area contributed by atoms with Gasteiger partial charge in [-0.25, -0.2) is 9.78 Å². The summed E-state index contributed by atoms with van der Waals surface area (Å²) in [7, 11) is -1.42. The predicted molar refractivity (Wildman–Crippen MR) is 98.9 cm³/mol. The fourth-order valence-corrected chi connectivity index (χ4v) is 3.64. The zero-order chi connectivity index (χ0) is 19.7. The van der Waals surface area contributed by atoms with Gasteiger partial charge in [0.15, 0.2) is 16.6 Å². The average Bonchev–Trinajstić information content (AvgIpc) is 3.02. The Morgan fingerprint density at radius 2 is 2.22 bits per heavy atom. The van der Waals surface area contributed by atoms with E-state index in [1.807, 2.05) is 0 Å². The van der Waals surface area contributed by atoms with Crippen LogP contribution < -0.4 is 10.4 Å². The lowest BCUT2D eigenvalue weighted by Crippen LogP contribution is -2.37. The summed E-state index contributed by atoms with van der Waals surface area (Å²) < 4.78 is 5.34. The van der Waals surface area contributed by atoms with Gasteiger partial charge in [-0.3, -0.25) is 4.79 Å². The molecule has 5 N–H and O–H groups in total. The number of aromatic carboxylic acids is 1. The SMILES string of the molecule is Nc1nc(/C(=N/O)C(=O)C[C@H]2Cc3cc(Cl)cc(C(=O)O)c3OB2O)cs1. The number of carboxylic acids is 1. The normalized spacial score (nSPS) is 16.6. The summed E-state index contributed by atoms with van der Waals surface area (Å²) in [5, 5.41) is 33.5. The first-order valence-electron chi connectivity index (χ1n) is 7.67. The number of carbonyl (C=O) groups is 2. The van der Waals surface area contributed by atoms with Crippen molar-refractivity contribution in [2.75, 3.05) is 5.73 Å². The standard InChI is InChI=1S/C15H13BClN3O6S/c17-8-2-6-1-7(16(24)26-13(6)9(4-8)14(22)23)3-11(21)12(20-25)10-5-27-15(18)19-10/h2,4-5,7,24-25H,1,3H2,(H2,18,19)(H,22,23)/b20-12-/t7-/m1/s1. The van der Waals surface area contributed by atoms with Crippen LogP contribution in [0, 0.1) is 0 Å². The molecule has 2 aromatic rings. The second-order valence-corrected chi connectivity index (χ2v) is 7.19. The first-order chi connectivity index (χ1) is 12.8. The van der Waals surface area contributed by atoms with Crippen molar-refractivity contribution in [3.63, 3.8) is 0 Å². The second-order valence-electron chi connectivity index (χ2n) is 5.87. The quantitative estimate of drug-likeness (QED) is 0.252.